The van der Waals surface area contributed by atoms with Crippen molar-refractivity contribution in [2.45, 2.75) is 63.6 Å². The first-order valence-corrected chi connectivity index (χ1v) is 8.30. The van der Waals surface area contributed by atoms with Gasteiger partial charge in [0.15, 0.2) is 0 Å². The van der Waals surface area contributed by atoms with E-state index in [0.717, 1.165) is 24.3 Å². The van der Waals surface area contributed by atoms with E-state index < -0.39 is 0 Å². The van der Waals surface area contributed by atoms with Gasteiger partial charge < -0.3 is 9.73 Å². The zero-order valence-corrected chi connectivity index (χ0v) is 12.7. The predicted molar refractivity (Wildman–Crippen MR) is 81.6 cm³/mol. The number of rotatable bonds is 6. The summed E-state index contributed by atoms with van der Waals surface area (Å²) in [5, 5.41) is 3.57. The molecule has 3 rings (SSSR count). The van der Waals surface area contributed by atoms with Crippen molar-refractivity contribution in [3.8, 4) is 0 Å². The van der Waals surface area contributed by atoms with E-state index in [0.29, 0.717) is 6.04 Å². The fourth-order valence-electron chi connectivity index (χ4n) is 3.67. The number of hydrogen-bond acceptors (Lipinski definition) is 3. The molecule has 0 aromatic carbocycles. The molecule has 2 aliphatic rings. The van der Waals surface area contributed by atoms with Gasteiger partial charge in [0.2, 0.25) is 0 Å². The van der Waals surface area contributed by atoms with Crippen molar-refractivity contribution in [3.05, 3.63) is 24.2 Å². The number of hydrogen-bond donors (Lipinski definition) is 1. The maximum Gasteiger partial charge on any atom is 0.117 e. The molecule has 2 fully saturated rings. The van der Waals surface area contributed by atoms with E-state index in [9.17, 15) is 0 Å². The Labute approximate surface area is 122 Å². The zero-order chi connectivity index (χ0) is 13.8. The van der Waals surface area contributed by atoms with Crippen molar-refractivity contribution < 1.29 is 4.42 Å². The molecule has 0 bridgehead atoms. The Hall–Kier alpha value is -0.800. The molecule has 112 valence electrons. The normalized spacial score (nSPS) is 27.7. The Morgan fingerprint density at radius 1 is 1.20 bits per heavy atom. The second-order valence-electron chi connectivity index (χ2n) is 6.53. The monoisotopic (exact) mass is 276 g/mol. The second-order valence-corrected chi connectivity index (χ2v) is 6.53. The van der Waals surface area contributed by atoms with Gasteiger partial charge in [-0.05, 0) is 50.8 Å². The zero-order valence-electron chi connectivity index (χ0n) is 12.7. The Balaban J connectivity index is 1.62. The van der Waals surface area contributed by atoms with Crippen LogP contribution in [0, 0.1) is 5.92 Å². The highest BCUT2D eigenvalue weighted by atomic mass is 16.3. The molecular formula is C17H28N2O. The molecule has 1 aromatic heterocycles. The van der Waals surface area contributed by atoms with E-state index in [1.165, 1.54) is 51.5 Å². The molecule has 0 saturated heterocycles. The molecule has 0 amide bonds. The lowest BCUT2D eigenvalue weighted by molar-refractivity contribution is 0.171. The van der Waals surface area contributed by atoms with Crippen molar-refractivity contribution >= 4 is 0 Å². The Morgan fingerprint density at radius 2 is 2.05 bits per heavy atom. The minimum Gasteiger partial charge on any atom is -0.468 e. The summed E-state index contributed by atoms with van der Waals surface area (Å²) >= 11 is 0. The standard InChI is InChI=1S/C17H28N2O/c1-18-17-8-4-2-3-6-14(17)12-19(15-9-10-15)13-16-7-5-11-20-16/h5,7,11,14-15,17-18H,2-4,6,8-10,12-13H2,1H3. The average Bonchev–Trinajstić information content (AvgIpc) is 3.22. The van der Waals surface area contributed by atoms with Crippen molar-refractivity contribution in [1.82, 2.24) is 10.2 Å². The van der Waals surface area contributed by atoms with Crippen LogP contribution in [-0.2, 0) is 6.54 Å². The summed E-state index contributed by atoms with van der Waals surface area (Å²) in [4.78, 5) is 2.67. The van der Waals surface area contributed by atoms with Gasteiger partial charge in [0.1, 0.15) is 5.76 Å². The van der Waals surface area contributed by atoms with Crippen LogP contribution >= 0.6 is 0 Å². The van der Waals surface area contributed by atoms with Crippen molar-refractivity contribution in [2.75, 3.05) is 13.6 Å². The lowest BCUT2D eigenvalue weighted by atomic mass is 9.94. The average molecular weight is 276 g/mol. The molecule has 1 N–H and O–H groups in total. The third-order valence-electron chi connectivity index (χ3n) is 5.00. The summed E-state index contributed by atoms with van der Waals surface area (Å²) in [6.45, 7) is 2.22. The summed E-state index contributed by atoms with van der Waals surface area (Å²) in [6, 6.07) is 5.62. The fourth-order valence-corrected chi connectivity index (χ4v) is 3.67. The van der Waals surface area contributed by atoms with Gasteiger partial charge in [-0.3, -0.25) is 4.90 Å². The van der Waals surface area contributed by atoms with Gasteiger partial charge in [-0.25, -0.2) is 0 Å². The van der Waals surface area contributed by atoms with Crippen LogP contribution in [0.4, 0.5) is 0 Å². The molecular weight excluding hydrogens is 248 g/mol. The van der Waals surface area contributed by atoms with Crippen molar-refractivity contribution in [1.29, 1.82) is 0 Å². The Bertz CT molecular complexity index is 386. The second kappa shape index (κ2) is 6.77. The molecule has 1 aromatic rings. The molecule has 20 heavy (non-hydrogen) atoms. The van der Waals surface area contributed by atoms with E-state index in [2.05, 4.69) is 23.3 Å². The Kier molecular flexibility index (Phi) is 4.79. The number of furan rings is 1. The van der Waals surface area contributed by atoms with Crippen molar-refractivity contribution in [3.63, 3.8) is 0 Å². The first-order chi connectivity index (χ1) is 9.86. The van der Waals surface area contributed by atoms with Crippen LogP contribution < -0.4 is 5.32 Å². The number of nitrogens with one attached hydrogen (secondary N) is 1. The van der Waals surface area contributed by atoms with E-state index >= 15 is 0 Å². The topological polar surface area (TPSA) is 28.4 Å². The lowest BCUT2D eigenvalue weighted by Crippen LogP contribution is -2.41. The van der Waals surface area contributed by atoms with Crippen LogP contribution in [0.25, 0.3) is 0 Å². The highest BCUT2D eigenvalue weighted by Gasteiger charge is 2.33. The lowest BCUT2D eigenvalue weighted by Gasteiger charge is -2.31. The Morgan fingerprint density at radius 3 is 2.75 bits per heavy atom. The van der Waals surface area contributed by atoms with Gasteiger partial charge in [0.05, 0.1) is 12.8 Å². The van der Waals surface area contributed by atoms with Crippen LogP contribution in [0.3, 0.4) is 0 Å². The summed E-state index contributed by atoms with van der Waals surface area (Å²) in [6.07, 6.45) is 11.5. The van der Waals surface area contributed by atoms with Gasteiger partial charge >= 0.3 is 0 Å². The SMILES string of the molecule is CNC1CCCCCC1CN(Cc1ccco1)C1CC1. The molecule has 3 nitrogen and oxygen atoms in total. The van der Waals surface area contributed by atoms with E-state index in [4.69, 9.17) is 4.42 Å². The largest absolute Gasteiger partial charge is 0.468 e. The molecule has 3 heteroatoms. The van der Waals surface area contributed by atoms with Gasteiger partial charge in [0, 0.05) is 18.6 Å². The maximum absolute atomic E-state index is 5.55. The van der Waals surface area contributed by atoms with Crippen LogP contribution in [0.1, 0.15) is 50.7 Å². The third-order valence-corrected chi connectivity index (χ3v) is 5.00. The molecule has 2 aliphatic carbocycles. The van der Waals surface area contributed by atoms with Crippen LogP contribution in [0.5, 0.6) is 0 Å². The number of nitrogens with zero attached hydrogens (tertiary/aromatic N) is 1. The van der Waals surface area contributed by atoms with Gasteiger partial charge in [0.25, 0.3) is 0 Å². The third kappa shape index (κ3) is 3.64. The first kappa shape index (κ1) is 14.2. The summed E-state index contributed by atoms with van der Waals surface area (Å²) in [5.74, 6) is 1.92. The minimum atomic E-state index is 0.704. The van der Waals surface area contributed by atoms with E-state index in [-0.39, 0.29) is 0 Å². The molecule has 0 aliphatic heterocycles. The maximum atomic E-state index is 5.55. The fraction of sp³-hybridized carbons (Fsp3) is 0.765. The molecule has 2 unspecified atom stereocenters. The van der Waals surface area contributed by atoms with Gasteiger partial charge in [-0.1, -0.05) is 19.3 Å². The van der Waals surface area contributed by atoms with Crippen LogP contribution in [-0.4, -0.2) is 30.6 Å². The minimum absolute atomic E-state index is 0.704. The quantitative estimate of drug-likeness (QED) is 0.807. The molecule has 1 heterocycles. The molecule has 2 atom stereocenters. The predicted octanol–water partition coefficient (Wildman–Crippen LogP) is 3.41. The van der Waals surface area contributed by atoms with Crippen LogP contribution in [0.2, 0.25) is 0 Å². The summed E-state index contributed by atoms with van der Waals surface area (Å²) in [7, 11) is 2.14. The highest BCUT2D eigenvalue weighted by molar-refractivity contribution is 5.00. The van der Waals surface area contributed by atoms with Crippen molar-refractivity contribution in [2.24, 2.45) is 5.92 Å². The molecule has 0 radical (unpaired) electrons. The molecule has 0 spiro atoms. The van der Waals surface area contributed by atoms with Gasteiger partial charge in [-0.15, -0.1) is 0 Å². The molecule has 2 saturated carbocycles. The summed E-state index contributed by atoms with van der Waals surface area (Å²) < 4.78 is 5.55. The van der Waals surface area contributed by atoms with Crippen LogP contribution in [0.15, 0.2) is 22.8 Å². The smallest absolute Gasteiger partial charge is 0.117 e. The van der Waals surface area contributed by atoms with E-state index in [1.54, 1.807) is 6.26 Å². The van der Waals surface area contributed by atoms with E-state index in [1.807, 2.05) is 6.07 Å². The highest BCUT2D eigenvalue weighted by Crippen LogP contribution is 2.32. The first-order valence-electron chi connectivity index (χ1n) is 8.30. The summed E-state index contributed by atoms with van der Waals surface area (Å²) in [5.41, 5.74) is 0. The van der Waals surface area contributed by atoms with Gasteiger partial charge in [-0.2, -0.15) is 0 Å².